The molecule has 0 N–H and O–H groups in total. The molecule has 0 amide bonds. The monoisotopic (exact) mass is 296 g/mol. The Labute approximate surface area is 134 Å². The van der Waals surface area contributed by atoms with E-state index < -0.39 is 0 Å². The Morgan fingerprint density at radius 1 is 1.23 bits per heavy atom. The summed E-state index contributed by atoms with van der Waals surface area (Å²) < 4.78 is 0. The summed E-state index contributed by atoms with van der Waals surface area (Å²) in [5, 5.41) is 0. The van der Waals surface area contributed by atoms with Crippen LogP contribution in [-0.4, -0.2) is 5.78 Å². The van der Waals surface area contributed by atoms with Gasteiger partial charge in [-0.3, -0.25) is 4.79 Å². The molecule has 0 aromatic carbocycles. The molecule has 0 aromatic heterocycles. The van der Waals surface area contributed by atoms with Crippen LogP contribution < -0.4 is 0 Å². The summed E-state index contributed by atoms with van der Waals surface area (Å²) in [4.78, 5) is 11.8. The van der Waals surface area contributed by atoms with Crippen LogP contribution >= 0.6 is 0 Å². The van der Waals surface area contributed by atoms with Crippen LogP contribution in [0.15, 0.2) is 35.5 Å². The van der Waals surface area contributed by atoms with Crippen LogP contribution in [0.3, 0.4) is 0 Å². The van der Waals surface area contributed by atoms with Crippen molar-refractivity contribution in [2.75, 3.05) is 0 Å². The van der Waals surface area contributed by atoms with Crippen molar-refractivity contribution in [2.24, 2.45) is 34.5 Å². The zero-order valence-corrected chi connectivity index (χ0v) is 14.4. The lowest BCUT2D eigenvalue weighted by molar-refractivity contribution is -0.110. The van der Waals surface area contributed by atoms with Gasteiger partial charge < -0.3 is 0 Å². The highest BCUT2D eigenvalue weighted by Crippen LogP contribution is 2.64. The van der Waals surface area contributed by atoms with Crippen LogP contribution in [0, 0.1) is 34.5 Å². The molecule has 6 unspecified atom stereocenters. The minimum atomic E-state index is 0.0211. The number of rotatable bonds is 0. The topological polar surface area (TPSA) is 17.1 Å². The maximum Gasteiger partial charge on any atom is 0.178 e. The second-order valence-electron chi connectivity index (χ2n) is 8.73. The molecule has 0 heterocycles. The van der Waals surface area contributed by atoms with E-state index in [-0.39, 0.29) is 11.2 Å². The van der Waals surface area contributed by atoms with Crippen LogP contribution in [0.5, 0.6) is 0 Å². The maximum atomic E-state index is 11.8. The molecule has 118 valence electrons. The van der Waals surface area contributed by atoms with Gasteiger partial charge in [0, 0.05) is 5.41 Å². The zero-order valence-electron chi connectivity index (χ0n) is 14.4. The summed E-state index contributed by atoms with van der Waals surface area (Å²) in [5.74, 6) is 3.41. The van der Waals surface area contributed by atoms with E-state index in [0.29, 0.717) is 5.41 Å². The Morgan fingerprint density at radius 2 is 2.00 bits per heavy atom. The predicted molar refractivity (Wildman–Crippen MR) is 90.3 cm³/mol. The average Bonchev–Trinajstić information content (AvgIpc) is 2.72. The summed E-state index contributed by atoms with van der Waals surface area (Å²) in [5.41, 5.74) is 3.48. The molecule has 0 spiro atoms. The van der Waals surface area contributed by atoms with E-state index in [2.05, 4.69) is 39.8 Å². The van der Waals surface area contributed by atoms with E-state index in [1.165, 1.54) is 24.8 Å². The highest BCUT2D eigenvalue weighted by atomic mass is 16.1. The first-order valence-electron chi connectivity index (χ1n) is 9.01. The maximum absolute atomic E-state index is 11.8. The molecule has 0 radical (unpaired) electrons. The SMILES string of the molecule is CC1CC2C3CCC4=CC(=O)C=CC4(C)C3=CCC2(C)C1C. The molecule has 0 aliphatic heterocycles. The van der Waals surface area contributed by atoms with Gasteiger partial charge in [-0.15, -0.1) is 0 Å². The van der Waals surface area contributed by atoms with Gasteiger partial charge in [-0.25, -0.2) is 0 Å². The van der Waals surface area contributed by atoms with Crippen LogP contribution in [-0.2, 0) is 4.79 Å². The number of ketones is 1. The average molecular weight is 296 g/mol. The highest BCUT2D eigenvalue weighted by molar-refractivity contribution is 6.01. The van der Waals surface area contributed by atoms with Gasteiger partial charge in [0.15, 0.2) is 5.78 Å². The Bertz CT molecular complexity index is 622. The van der Waals surface area contributed by atoms with E-state index in [4.69, 9.17) is 0 Å². The third-order valence-corrected chi connectivity index (χ3v) is 7.90. The third kappa shape index (κ3) is 1.69. The minimum absolute atomic E-state index is 0.0211. The van der Waals surface area contributed by atoms with Crippen molar-refractivity contribution in [3.05, 3.63) is 35.5 Å². The van der Waals surface area contributed by atoms with Gasteiger partial charge in [0.05, 0.1) is 0 Å². The summed E-state index contributed by atoms with van der Waals surface area (Å²) in [6.07, 6.45) is 13.4. The summed E-state index contributed by atoms with van der Waals surface area (Å²) in [6, 6.07) is 0. The van der Waals surface area contributed by atoms with E-state index in [9.17, 15) is 4.79 Å². The van der Waals surface area contributed by atoms with Gasteiger partial charge in [0.25, 0.3) is 0 Å². The van der Waals surface area contributed by atoms with Crippen LogP contribution in [0.1, 0.15) is 53.4 Å². The van der Waals surface area contributed by atoms with Gasteiger partial charge in [0.2, 0.25) is 0 Å². The number of hydrogen-bond donors (Lipinski definition) is 0. The Balaban J connectivity index is 1.77. The summed E-state index contributed by atoms with van der Waals surface area (Å²) in [7, 11) is 0. The van der Waals surface area contributed by atoms with Crippen LogP contribution in [0.2, 0.25) is 0 Å². The lowest BCUT2D eigenvalue weighted by atomic mass is 9.52. The molecule has 0 saturated heterocycles. The van der Waals surface area contributed by atoms with Crippen molar-refractivity contribution >= 4 is 5.78 Å². The van der Waals surface area contributed by atoms with Crippen molar-refractivity contribution in [1.82, 2.24) is 0 Å². The number of hydrogen-bond acceptors (Lipinski definition) is 1. The van der Waals surface area contributed by atoms with Crippen molar-refractivity contribution in [2.45, 2.75) is 53.4 Å². The lowest BCUT2D eigenvalue weighted by Crippen LogP contribution is -2.43. The molecule has 1 heteroatoms. The molecule has 2 fully saturated rings. The first kappa shape index (κ1) is 14.5. The molecule has 6 atom stereocenters. The second kappa shape index (κ2) is 4.46. The Kier molecular flexibility index (Phi) is 2.94. The number of carbonyl (C=O) groups excluding carboxylic acids is 1. The van der Waals surface area contributed by atoms with E-state index in [0.717, 1.165) is 30.1 Å². The van der Waals surface area contributed by atoms with Crippen molar-refractivity contribution in [3.8, 4) is 0 Å². The van der Waals surface area contributed by atoms with Gasteiger partial charge >= 0.3 is 0 Å². The smallest absolute Gasteiger partial charge is 0.178 e. The predicted octanol–water partition coefficient (Wildman–Crippen LogP) is 5.10. The quantitative estimate of drug-likeness (QED) is 0.569. The Hall–Kier alpha value is -1.11. The fraction of sp³-hybridized carbons (Fsp3) is 0.667. The molecule has 4 aliphatic rings. The Morgan fingerprint density at radius 3 is 2.77 bits per heavy atom. The van der Waals surface area contributed by atoms with Gasteiger partial charge in [-0.1, -0.05) is 44.1 Å². The molecule has 0 aromatic rings. The van der Waals surface area contributed by atoms with Gasteiger partial charge in [0.1, 0.15) is 0 Å². The third-order valence-electron chi connectivity index (χ3n) is 7.90. The molecular formula is C21H28O. The summed E-state index contributed by atoms with van der Waals surface area (Å²) in [6.45, 7) is 9.79. The normalized spacial score (nSPS) is 49.9. The fourth-order valence-corrected chi connectivity index (χ4v) is 6.12. The highest BCUT2D eigenvalue weighted by Gasteiger charge is 2.56. The largest absolute Gasteiger partial charge is 0.290 e. The van der Waals surface area contributed by atoms with Crippen LogP contribution in [0.25, 0.3) is 0 Å². The van der Waals surface area contributed by atoms with E-state index in [1.54, 1.807) is 11.6 Å². The molecule has 0 bridgehead atoms. The number of allylic oxidation sites excluding steroid dienone is 6. The molecular weight excluding hydrogens is 268 g/mol. The van der Waals surface area contributed by atoms with Gasteiger partial charge in [-0.05, 0) is 73.8 Å². The first-order valence-corrected chi connectivity index (χ1v) is 9.01. The van der Waals surface area contributed by atoms with Gasteiger partial charge in [-0.2, -0.15) is 0 Å². The first-order chi connectivity index (χ1) is 10.4. The van der Waals surface area contributed by atoms with Crippen molar-refractivity contribution in [3.63, 3.8) is 0 Å². The zero-order chi connectivity index (χ0) is 15.7. The number of carbonyl (C=O) groups is 1. The minimum Gasteiger partial charge on any atom is -0.290 e. The van der Waals surface area contributed by atoms with E-state index in [1.807, 2.05) is 6.08 Å². The second-order valence-corrected chi connectivity index (χ2v) is 8.73. The molecule has 22 heavy (non-hydrogen) atoms. The fourth-order valence-electron chi connectivity index (χ4n) is 6.12. The van der Waals surface area contributed by atoms with E-state index >= 15 is 0 Å². The standard InChI is InChI=1S/C21H28O/c1-13-11-19-17-6-5-15-12-16(22)7-9-21(15,4)18(17)8-10-20(19,3)14(13)2/h7-9,12-14,17,19H,5-6,10-11H2,1-4H3. The molecule has 4 rings (SSSR count). The summed E-state index contributed by atoms with van der Waals surface area (Å²) >= 11 is 0. The molecule has 2 saturated carbocycles. The van der Waals surface area contributed by atoms with Crippen molar-refractivity contribution in [1.29, 1.82) is 0 Å². The molecule has 1 nitrogen and oxygen atoms in total. The van der Waals surface area contributed by atoms with Crippen molar-refractivity contribution < 1.29 is 4.79 Å². The number of fused-ring (bicyclic) bond motifs is 5. The van der Waals surface area contributed by atoms with Crippen LogP contribution in [0.4, 0.5) is 0 Å². The lowest BCUT2D eigenvalue weighted by Gasteiger charge is -2.52. The molecule has 4 aliphatic carbocycles.